The first-order valence-electron chi connectivity index (χ1n) is 6.05. The average Bonchev–Trinajstić information content (AvgIpc) is 2.47. The Kier molecular flexibility index (Phi) is 7.39. The topological polar surface area (TPSA) is 68.7 Å². The molecule has 6 nitrogen and oxygen atoms in total. The Labute approximate surface area is 124 Å². The second-order valence-electron chi connectivity index (χ2n) is 4.03. The monoisotopic (exact) mass is 322 g/mol. The Bertz CT molecular complexity index is 485. The maximum absolute atomic E-state index is 12.5. The van der Waals surface area contributed by atoms with Crippen LogP contribution >= 0.6 is 11.6 Å². The minimum Gasteiger partial charge on any atom is -0.383 e. The summed E-state index contributed by atoms with van der Waals surface area (Å²) in [5.74, 6) is 0.296. The van der Waals surface area contributed by atoms with Crippen LogP contribution in [0.25, 0.3) is 0 Å². The van der Waals surface area contributed by atoms with Crippen molar-refractivity contribution in [2.24, 2.45) is 0 Å². The van der Waals surface area contributed by atoms with Crippen molar-refractivity contribution in [3.8, 4) is 0 Å². The summed E-state index contributed by atoms with van der Waals surface area (Å²) >= 11 is 5.66. The molecule has 114 valence electrons. The molecular formula is C12H19ClN2O4S. The van der Waals surface area contributed by atoms with Gasteiger partial charge in [0, 0.05) is 39.4 Å². The summed E-state index contributed by atoms with van der Waals surface area (Å²) in [4.78, 5) is 3.96. The van der Waals surface area contributed by atoms with Gasteiger partial charge in [-0.25, -0.2) is 13.4 Å². The third-order valence-electron chi connectivity index (χ3n) is 2.65. The first-order valence-corrected chi connectivity index (χ1v) is 8.02. The Balaban J connectivity index is 2.94. The van der Waals surface area contributed by atoms with Crippen molar-refractivity contribution in [2.75, 3.05) is 40.5 Å². The van der Waals surface area contributed by atoms with Gasteiger partial charge in [0.1, 0.15) is 0 Å². The van der Waals surface area contributed by atoms with Crippen LogP contribution in [0, 0.1) is 0 Å². The summed E-state index contributed by atoms with van der Waals surface area (Å²) in [5.41, 5.74) is 0.769. The van der Waals surface area contributed by atoms with E-state index in [0.717, 1.165) is 5.56 Å². The second kappa shape index (κ2) is 8.53. The molecule has 20 heavy (non-hydrogen) atoms. The van der Waals surface area contributed by atoms with Crippen LogP contribution in [0.4, 0.5) is 0 Å². The Hall–Kier alpha value is -0.730. The number of pyridine rings is 1. The average molecular weight is 323 g/mol. The molecular weight excluding hydrogens is 304 g/mol. The third-order valence-corrected chi connectivity index (χ3v) is 4.77. The summed E-state index contributed by atoms with van der Waals surface area (Å²) in [7, 11) is -0.606. The van der Waals surface area contributed by atoms with Crippen molar-refractivity contribution in [1.82, 2.24) is 9.29 Å². The normalized spacial score (nSPS) is 12.0. The van der Waals surface area contributed by atoms with Gasteiger partial charge in [0.15, 0.2) is 5.03 Å². The molecule has 0 N–H and O–H groups in total. The van der Waals surface area contributed by atoms with Gasteiger partial charge in [0.25, 0.3) is 10.0 Å². The van der Waals surface area contributed by atoms with E-state index < -0.39 is 10.0 Å². The Morgan fingerprint density at radius 3 is 2.20 bits per heavy atom. The molecule has 0 aliphatic rings. The van der Waals surface area contributed by atoms with Gasteiger partial charge in [-0.15, -0.1) is 11.6 Å². The van der Waals surface area contributed by atoms with Crippen LogP contribution in [-0.2, 0) is 25.4 Å². The van der Waals surface area contributed by atoms with Gasteiger partial charge in [0.05, 0.1) is 13.2 Å². The highest BCUT2D eigenvalue weighted by atomic mass is 35.5. The first kappa shape index (κ1) is 17.3. The van der Waals surface area contributed by atoms with Crippen LogP contribution in [0.15, 0.2) is 23.4 Å². The fraction of sp³-hybridized carbons (Fsp3) is 0.583. The zero-order valence-electron chi connectivity index (χ0n) is 11.6. The van der Waals surface area contributed by atoms with E-state index in [4.69, 9.17) is 21.1 Å². The van der Waals surface area contributed by atoms with Crippen LogP contribution < -0.4 is 0 Å². The van der Waals surface area contributed by atoms with Crippen LogP contribution in [0.2, 0.25) is 0 Å². The highest BCUT2D eigenvalue weighted by Crippen LogP contribution is 2.14. The van der Waals surface area contributed by atoms with E-state index in [0.29, 0.717) is 19.1 Å². The summed E-state index contributed by atoms with van der Waals surface area (Å²) in [6.07, 6.45) is 1.46. The zero-order chi connectivity index (χ0) is 15.0. The van der Waals surface area contributed by atoms with Crippen molar-refractivity contribution in [1.29, 1.82) is 0 Å². The van der Waals surface area contributed by atoms with Gasteiger partial charge in [-0.2, -0.15) is 4.31 Å². The lowest BCUT2D eigenvalue weighted by molar-refractivity contribution is 0.150. The number of nitrogens with zero attached hydrogens (tertiary/aromatic N) is 2. The van der Waals surface area contributed by atoms with Crippen molar-refractivity contribution in [2.45, 2.75) is 10.9 Å². The third kappa shape index (κ3) is 4.68. The van der Waals surface area contributed by atoms with E-state index >= 15 is 0 Å². The van der Waals surface area contributed by atoms with Gasteiger partial charge in [-0.3, -0.25) is 0 Å². The minimum atomic E-state index is -3.65. The van der Waals surface area contributed by atoms with Gasteiger partial charge < -0.3 is 9.47 Å². The standard InChI is InChI=1S/C12H19ClN2O4S/c1-18-7-5-15(6-8-19-2)20(16,17)12-4-3-11(9-13)10-14-12/h3-4,10H,5-9H2,1-2H3. The summed E-state index contributed by atoms with van der Waals surface area (Å²) in [6.45, 7) is 1.12. The molecule has 0 saturated carbocycles. The highest BCUT2D eigenvalue weighted by molar-refractivity contribution is 7.89. The molecule has 0 aliphatic carbocycles. The van der Waals surface area contributed by atoms with Crippen molar-refractivity contribution in [3.63, 3.8) is 0 Å². The van der Waals surface area contributed by atoms with Crippen LogP contribution in [0.1, 0.15) is 5.56 Å². The Morgan fingerprint density at radius 2 is 1.80 bits per heavy atom. The number of methoxy groups -OCH3 is 2. The predicted octanol–water partition coefficient (Wildman–Crippen LogP) is 1.10. The number of sulfonamides is 1. The molecule has 0 saturated heterocycles. The summed E-state index contributed by atoms with van der Waals surface area (Å²) < 4.78 is 36.1. The molecule has 1 heterocycles. The number of hydrogen-bond acceptors (Lipinski definition) is 5. The lowest BCUT2D eigenvalue weighted by Crippen LogP contribution is -2.36. The van der Waals surface area contributed by atoms with Crippen LogP contribution in [0.5, 0.6) is 0 Å². The Morgan fingerprint density at radius 1 is 1.20 bits per heavy atom. The van der Waals surface area contributed by atoms with Gasteiger partial charge in [0.2, 0.25) is 0 Å². The van der Waals surface area contributed by atoms with E-state index in [1.165, 1.54) is 30.8 Å². The molecule has 1 aromatic rings. The number of halogens is 1. The van der Waals surface area contributed by atoms with E-state index in [-0.39, 0.29) is 18.1 Å². The maximum Gasteiger partial charge on any atom is 0.260 e. The highest BCUT2D eigenvalue weighted by Gasteiger charge is 2.25. The number of hydrogen-bond donors (Lipinski definition) is 0. The van der Waals surface area contributed by atoms with Crippen molar-refractivity contribution < 1.29 is 17.9 Å². The first-order chi connectivity index (χ1) is 9.56. The van der Waals surface area contributed by atoms with E-state index in [1.807, 2.05) is 0 Å². The second-order valence-corrected chi connectivity index (χ2v) is 6.18. The molecule has 0 spiro atoms. The number of aromatic nitrogens is 1. The number of alkyl halides is 1. The molecule has 0 aliphatic heterocycles. The van der Waals surface area contributed by atoms with E-state index in [9.17, 15) is 8.42 Å². The van der Waals surface area contributed by atoms with Gasteiger partial charge in [-0.05, 0) is 11.6 Å². The van der Waals surface area contributed by atoms with Crippen LogP contribution in [0.3, 0.4) is 0 Å². The number of ether oxygens (including phenoxy) is 2. The van der Waals surface area contributed by atoms with Crippen molar-refractivity contribution in [3.05, 3.63) is 23.9 Å². The molecule has 8 heteroatoms. The minimum absolute atomic E-state index is 0.00132. The van der Waals surface area contributed by atoms with E-state index in [1.54, 1.807) is 6.07 Å². The summed E-state index contributed by atoms with van der Waals surface area (Å²) in [5, 5.41) is -0.00132. The number of rotatable bonds is 9. The molecule has 1 rings (SSSR count). The van der Waals surface area contributed by atoms with Crippen LogP contribution in [-0.4, -0.2) is 58.2 Å². The SMILES string of the molecule is COCCN(CCOC)S(=O)(=O)c1ccc(CCl)cn1. The largest absolute Gasteiger partial charge is 0.383 e. The lowest BCUT2D eigenvalue weighted by atomic mass is 10.3. The fourth-order valence-corrected chi connectivity index (χ4v) is 2.99. The molecule has 0 unspecified atom stereocenters. The zero-order valence-corrected chi connectivity index (χ0v) is 13.2. The van der Waals surface area contributed by atoms with Gasteiger partial charge >= 0.3 is 0 Å². The lowest BCUT2D eigenvalue weighted by Gasteiger charge is -2.21. The molecule has 1 aromatic heterocycles. The fourth-order valence-electron chi connectivity index (χ4n) is 1.51. The smallest absolute Gasteiger partial charge is 0.260 e. The summed E-state index contributed by atoms with van der Waals surface area (Å²) in [6, 6.07) is 3.11. The van der Waals surface area contributed by atoms with E-state index in [2.05, 4.69) is 4.98 Å². The maximum atomic E-state index is 12.5. The molecule has 0 bridgehead atoms. The molecule has 0 amide bonds. The predicted molar refractivity (Wildman–Crippen MR) is 76.3 cm³/mol. The molecule has 0 atom stereocenters. The quantitative estimate of drug-likeness (QED) is 0.637. The molecule has 0 fully saturated rings. The molecule has 0 aromatic carbocycles. The van der Waals surface area contributed by atoms with Gasteiger partial charge in [-0.1, -0.05) is 6.07 Å². The molecule has 0 radical (unpaired) electrons. The van der Waals surface area contributed by atoms with Crippen molar-refractivity contribution >= 4 is 21.6 Å².